The topological polar surface area (TPSA) is 50.2 Å². The number of halogens is 4. The molecule has 0 bridgehead atoms. The Morgan fingerprint density at radius 1 is 1.56 bits per heavy atom. The van der Waals surface area contributed by atoms with Crippen LogP contribution in [0.4, 0.5) is 13.2 Å². The first-order valence-corrected chi connectivity index (χ1v) is 4.73. The highest BCUT2D eigenvalue weighted by molar-refractivity contribution is 6.17. The third kappa shape index (κ3) is 2.85. The minimum Gasteiger partial charge on any atom is -0.481 e. The van der Waals surface area contributed by atoms with Crippen molar-refractivity contribution < 1.29 is 23.1 Å². The monoisotopic (exact) mass is 253 g/mol. The van der Waals surface area contributed by atoms with E-state index in [2.05, 4.69) is 4.98 Å². The van der Waals surface area contributed by atoms with Gasteiger partial charge in [-0.15, -0.1) is 11.6 Å². The molecule has 7 heteroatoms. The number of pyridine rings is 1. The maximum atomic E-state index is 12.8. The number of hydrogen-bond donors (Lipinski definition) is 1. The van der Waals surface area contributed by atoms with E-state index in [-0.39, 0.29) is 17.0 Å². The van der Waals surface area contributed by atoms with E-state index >= 15 is 0 Å². The predicted octanol–water partition coefficient (Wildman–Crippen LogP) is 2.52. The van der Waals surface area contributed by atoms with Crippen molar-refractivity contribution in [1.82, 2.24) is 4.98 Å². The fourth-order valence-corrected chi connectivity index (χ4v) is 1.50. The summed E-state index contributed by atoms with van der Waals surface area (Å²) in [4.78, 5) is 13.5. The average molecular weight is 254 g/mol. The third-order valence-electron chi connectivity index (χ3n) is 1.90. The van der Waals surface area contributed by atoms with E-state index < -0.39 is 30.5 Å². The Bertz CT molecular complexity index is 412. The smallest absolute Gasteiger partial charge is 0.307 e. The van der Waals surface area contributed by atoms with Crippen molar-refractivity contribution in [2.45, 2.75) is 18.7 Å². The first kappa shape index (κ1) is 12.8. The van der Waals surface area contributed by atoms with E-state index in [0.29, 0.717) is 0 Å². The van der Waals surface area contributed by atoms with Gasteiger partial charge in [0.25, 0.3) is 6.43 Å². The molecule has 0 aromatic carbocycles. The van der Waals surface area contributed by atoms with Gasteiger partial charge in [-0.1, -0.05) is 0 Å². The van der Waals surface area contributed by atoms with Gasteiger partial charge in [0.05, 0.1) is 6.42 Å². The van der Waals surface area contributed by atoms with Crippen molar-refractivity contribution in [2.24, 2.45) is 0 Å². The summed E-state index contributed by atoms with van der Waals surface area (Å²) >= 11 is 5.43. The second-order valence-corrected chi connectivity index (χ2v) is 3.24. The number of carboxylic acids is 1. The predicted molar refractivity (Wildman–Crippen MR) is 50.0 cm³/mol. The van der Waals surface area contributed by atoms with Crippen LogP contribution in [0.25, 0.3) is 0 Å². The quantitative estimate of drug-likeness (QED) is 0.663. The van der Waals surface area contributed by atoms with Gasteiger partial charge >= 0.3 is 5.97 Å². The number of aromatic nitrogens is 1. The van der Waals surface area contributed by atoms with Crippen molar-refractivity contribution in [3.8, 4) is 0 Å². The van der Waals surface area contributed by atoms with Crippen LogP contribution in [0.1, 0.15) is 23.2 Å². The summed E-state index contributed by atoms with van der Waals surface area (Å²) in [6.07, 6.45) is -3.69. The van der Waals surface area contributed by atoms with Crippen LogP contribution in [0.2, 0.25) is 0 Å². The number of carboxylic acid groups (broad SMARTS) is 1. The van der Waals surface area contributed by atoms with Gasteiger partial charge in [-0.3, -0.25) is 4.79 Å². The molecule has 0 saturated carbocycles. The van der Waals surface area contributed by atoms with Crippen LogP contribution in [-0.4, -0.2) is 16.1 Å². The molecule has 0 radical (unpaired) electrons. The van der Waals surface area contributed by atoms with Crippen LogP contribution in [0.5, 0.6) is 0 Å². The van der Waals surface area contributed by atoms with E-state index in [4.69, 9.17) is 16.7 Å². The van der Waals surface area contributed by atoms with E-state index in [1.165, 1.54) is 0 Å². The van der Waals surface area contributed by atoms with Gasteiger partial charge in [0, 0.05) is 5.88 Å². The Hall–Kier alpha value is -1.30. The lowest BCUT2D eigenvalue weighted by atomic mass is 10.0. The van der Waals surface area contributed by atoms with Gasteiger partial charge in [0.1, 0.15) is 5.69 Å². The molecule has 0 aliphatic rings. The molecule has 3 nitrogen and oxygen atoms in total. The minimum atomic E-state index is -3.04. The number of hydrogen-bond acceptors (Lipinski definition) is 2. The zero-order chi connectivity index (χ0) is 12.3. The SMILES string of the molecule is O=C(O)Cc1c(CCl)cc(F)nc1C(F)F. The van der Waals surface area contributed by atoms with E-state index in [1.807, 2.05) is 0 Å². The third-order valence-corrected chi connectivity index (χ3v) is 2.18. The maximum absolute atomic E-state index is 12.8. The molecule has 88 valence electrons. The molecule has 0 aliphatic heterocycles. The minimum absolute atomic E-state index is 0.0202. The largest absolute Gasteiger partial charge is 0.481 e. The van der Waals surface area contributed by atoms with Gasteiger partial charge in [-0.2, -0.15) is 4.39 Å². The van der Waals surface area contributed by atoms with Gasteiger partial charge in [0.2, 0.25) is 5.95 Å². The molecule has 0 saturated heterocycles. The second kappa shape index (κ2) is 5.16. The Morgan fingerprint density at radius 3 is 2.62 bits per heavy atom. The molecule has 0 fully saturated rings. The summed E-state index contributed by atoms with van der Waals surface area (Å²) in [7, 11) is 0. The van der Waals surface area contributed by atoms with Gasteiger partial charge in [-0.05, 0) is 17.2 Å². The summed E-state index contributed by atoms with van der Waals surface area (Å²) in [5, 5.41) is 8.55. The molecule has 1 aromatic rings. The maximum Gasteiger partial charge on any atom is 0.307 e. The number of nitrogens with zero attached hydrogens (tertiary/aromatic N) is 1. The van der Waals surface area contributed by atoms with Crippen LogP contribution in [0, 0.1) is 5.95 Å². The Kier molecular flexibility index (Phi) is 4.12. The van der Waals surface area contributed by atoms with Gasteiger partial charge in [-0.25, -0.2) is 13.8 Å². The molecule has 0 unspecified atom stereocenters. The van der Waals surface area contributed by atoms with Gasteiger partial charge < -0.3 is 5.11 Å². The van der Waals surface area contributed by atoms with Crippen molar-refractivity contribution in [3.63, 3.8) is 0 Å². The molecular formula is C9H7ClF3NO2. The van der Waals surface area contributed by atoms with Crippen molar-refractivity contribution in [1.29, 1.82) is 0 Å². The highest BCUT2D eigenvalue weighted by Crippen LogP contribution is 2.25. The Labute approximate surface area is 93.9 Å². The van der Waals surface area contributed by atoms with Crippen molar-refractivity contribution in [2.75, 3.05) is 0 Å². The fraction of sp³-hybridized carbons (Fsp3) is 0.333. The molecule has 0 aliphatic carbocycles. The fourth-order valence-electron chi connectivity index (χ4n) is 1.27. The first-order valence-electron chi connectivity index (χ1n) is 4.19. The number of carbonyl (C=O) groups is 1. The number of rotatable bonds is 4. The van der Waals surface area contributed by atoms with Crippen molar-refractivity contribution >= 4 is 17.6 Å². The van der Waals surface area contributed by atoms with E-state index in [0.717, 1.165) is 6.07 Å². The molecule has 1 rings (SSSR count). The highest BCUT2D eigenvalue weighted by atomic mass is 35.5. The standard InChI is InChI=1S/C9H7ClF3NO2/c10-3-4-1-6(11)14-8(9(12)13)5(4)2-7(15)16/h1,9H,2-3H2,(H,15,16). The number of aliphatic carboxylic acids is 1. The molecule has 0 amide bonds. The van der Waals surface area contributed by atoms with Crippen LogP contribution < -0.4 is 0 Å². The van der Waals surface area contributed by atoms with Crippen LogP contribution >= 0.6 is 11.6 Å². The molecule has 0 atom stereocenters. The van der Waals surface area contributed by atoms with E-state index in [1.54, 1.807) is 0 Å². The van der Waals surface area contributed by atoms with Crippen LogP contribution in [0.3, 0.4) is 0 Å². The second-order valence-electron chi connectivity index (χ2n) is 2.97. The first-order chi connectivity index (χ1) is 7.45. The lowest BCUT2D eigenvalue weighted by Crippen LogP contribution is -2.10. The Balaban J connectivity index is 3.32. The molecule has 1 heterocycles. The van der Waals surface area contributed by atoms with Crippen LogP contribution in [0.15, 0.2) is 6.07 Å². The lowest BCUT2D eigenvalue weighted by molar-refractivity contribution is -0.136. The normalized spacial score (nSPS) is 10.8. The number of alkyl halides is 3. The lowest BCUT2D eigenvalue weighted by Gasteiger charge is -2.10. The van der Waals surface area contributed by atoms with Crippen LogP contribution in [-0.2, 0) is 17.1 Å². The molecule has 1 aromatic heterocycles. The summed E-state index contributed by atoms with van der Waals surface area (Å²) in [6.45, 7) is 0. The summed E-state index contributed by atoms with van der Waals surface area (Å²) in [6, 6.07) is 0.858. The van der Waals surface area contributed by atoms with E-state index in [9.17, 15) is 18.0 Å². The highest BCUT2D eigenvalue weighted by Gasteiger charge is 2.21. The molecule has 0 spiro atoms. The van der Waals surface area contributed by atoms with Gasteiger partial charge in [0.15, 0.2) is 0 Å². The average Bonchev–Trinajstić information content (AvgIpc) is 2.19. The van der Waals surface area contributed by atoms with Crippen molar-refractivity contribution in [3.05, 3.63) is 28.8 Å². The zero-order valence-electron chi connectivity index (χ0n) is 7.88. The summed E-state index contributed by atoms with van der Waals surface area (Å²) in [5.41, 5.74) is -1.07. The molecule has 16 heavy (non-hydrogen) atoms. The molecular weight excluding hydrogens is 247 g/mol. The molecule has 1 N–H and O–H groups in total. The summed E-state index contributed by atoms with van der Waals surface area (Å²) in [5.74, 6) is -2.65. The summed E-state index contributed by atoms with van der Waals surface area (Å²) < 4.78 is 37.9. The Morgan fingerprint density at radius 2 is 2.19 bits per heavy atom. The zero-order valence-corrected chi connectivity index (χ0v) is 8.64.